The number of nitrogens with one attached hydrogen (secondary N) is 1. The SMILES string of the molecule is CC(C)Oc1cccc(-c2n[nH]c(=S)n2/N=C\c2cc(I)cc(I)c2O)c1. The van der Waals surface area contributed by atoms with Gasteiger partial charge in [0.1, 0.15) is 11.5 Å². The summed E-state index contributed by atoms with van der Waals surface area (Å²) >= 11 is 9.60. The van der Waals surface area contributed by atoms with E-state index in [1.165, 1.54) is 4.68 Å². The van der Waals surface area contributed by atoms with E-state index < -0.39 is 0 Å². The summed E-state index contributed by atoms with van der Waals surface area (Å²) in [6.07, 6.45) is 1.65. The highest BCUT2D eigenvalue weighted by molar-refractivity contribution is 14.1. The Kier molecular flexibility index (Phi) is 6.52. The Balaban J connectivity index is 2.00. The average Bonchev–Trinajstić information content (AvgIpc) is 2.97. The molecule has 1 aromatic heterocycles. The van der Waals surface area contributed by atoms with Crippen LogP contribution in [0.15, 0.2) is 41.5 Å². The van der Waals surface area contributed by atoms with Crippen molar-refractivity contribution in [2.24, 2.45) is 5.10 Å². The zero-order valence-corrected chi connectivity index (χ0v) is 19.6. The molecule has 0 aliphatic heterocycles. The number of aromatic hydroxyl groups is 1. The minimum atomic E-state index is 0.0742. The number of rotatable bonds is 5. The van der Waals surface area contributed by atoms with Crippen molar-refractivity contribution in [3.8, 4) is 22.9 Å². The van der Waals surface area contributed by atoms with E-state index in [1.807, 2.05) is 50.2 Å². The Morgan fingerprint density at radius 2 is 2.07 bits per heavy atom. The van der Waals surface area contributed by atoms with E-state index in [0.29, 0.717) is 16.2 Å². The fourth-order valence-electron chi connectivity index (χ4n) is 2.37. The van der Waals surface area contributed by atoms with Gasteiger partial charge in [-0.05, 0) is 95.5 Å². The van der Waals surface area contributed by atoms with Gasteiger partial charge in [0.05, 0.1) is 15.9 Å². The molecule has 0 spiro atoms. The van der Waals surface area contributed by atoms with Crippen molar-refractivity contribution in [1.82, 2.24) is 14.9 Å². The first-order valence-electron chi connectivity index (χ1n) is 8.02. The number of phenols is 1. The van der Waals surface area contributed by atoms with Gasteiger partial charge in [-0.25, -0.2) is 5.10 Å². The number of halogens is 2. The number of hydrogen-bond acceptors (Lipinski definition) is 5. The first kappa shape index (κ1) is 20.3. The smallest absolute Gasteiger partial charge is 0.216 e. The molecule has 3 aromatic rings. The van der Waals surface area contributed by atoms with Crippen LogP contribution in [0.2, 0.25) is 0 Å². The summed E-state index contributed by atoms with van der Waals surface area (Å²) in [5.41, 5.74) is 1.43. The second-order valence-electron chi connectivity index (χ2n) is 5.93. The van der Waals surface area contributed by atoms with Crippen LogP contribution < -0.4 is 4.74 Å². The third-order valence-electron chi connectivity index (χ3n) is 3.48. The molecule has 1 heterocycles. The van der Waals surface area contributed by atoms with Gasteiger partial charge in [0.25, 0.3) is 0 Å². The van der Waals surface area contributed by atoms with Gasteiger partial charge in [-0.15, -0.1) is 0 Å². The van der Waals surface area contributed by atoms with Crippen LogP contribution in [0.4, 0.5) is 0 Å². The van der Waals surface area contributed by atoms with Crippen molar-refractivity contribution in [2.75, 3.05) is 0 Å². The van der Waals surface area contributed by atoms with Gasteiger partial charge in [-0.2, -0.15) is 14.9 Å². The van der Waals surface area contributed by atoms with E-state index in [2.05, 4.69) is 60.5 Å². The van der Waals surface area contributed by atoms with Crippen molar-refractivity contribution in [3.63, 3.8) is 0 Å². The normalized spacial score (nSPS) is 11.4. The Hall–Kier alpha value is -1.47. The summed E-state index contributed by atoms with van der Waals surface area (Å²) < 4.78 is 9.39. The van der Waals surface area contributed by atoms with E-state index in [4.69, 9.17) is 17.0 Å². The maximum Gasteiger partial charge on any atom is 0.216 e. The van der Waals surface area contributed by atoms with Crippen molar-refractivity contribution < 1.29 is 9.84 Å². The van der Waals surface area contributed by atoms with Crippen LogP contribution >= 0.6 is 57.4 Å². The van der Waals surface area contributed by atoms with Gasteiger partial charge < -0.3 is 9.84 Å². The molecule has 0 unspecified atom stereocenters. The summed E-state index contributed by atoms with van der Waals surface area (Å²) in [6.45, 7) is 3.95. The second-order valence-corrected chi connectivity index (χ2v) is 8.72. The summed E-state index contributed by atoms with van der Waals surface area (Å²) in [7, 11) is 0. The summed E-state index contributed by atoms with van der Waals surface area (Å²) in [4.78, 5) is 0. The maximum atomic E-state index is 10.2. The third-order valence-corrected chi connectivity index (χ3v) is 5.19. The predicted octanol–water partition coefficient (Wildman–Crippen LogP) is 5.19. The van der Waals surface area contributed by atoms with Crippen molar-refractivity contribution in [3.05, 3.63) is 53.9 Å². The quantitative estimate of drug-likeness (QED) is 0.238. The van der Waals surface area contributed by atoms with Gasteiger partial charge in [-0.1, -0.05) is 12.1 Å². The first-order chi connectivity index (χ1) is 12.8. The van der Waals surface area contributed by atoms with Crippen LogP contribution in [0.1, 0.15) is 19.4 Å². The lowest BCUT2D eigenvalue weighted by molar-refractivity contribution is 0.242. The number of aromatic amines is 1. The summed E-state index contributed by atoms with van der Waals surface area (Å²) in [6, 6.07) is 11.3. The zero-order chi connectivity index (χ0) is 19.6. The maximum absolute atomic E-state index is 10.2. The number of benzene rings is 2. The van der Waals surface area contributed by atoms with Gasteiger partial charge >= 0.3 is 0 Å². The molecule has 0 radical (unpaired) electrons. The lowest BCUT2D eigenvalue weighted by atomic mass is 10.2. The van der Waals surface area contributed by atoms with E-state index in [-0.39, 0.29) is 11.9 Å². The molecule has 0 saturated heterocycles. The standard InChI is InChI=1S/C18H16I2N4O2S/c1-10(2)26-14-5-3-4-11(7-14)17-22-23-18(27)24(17)21-9-12-6-13(19)8-15(20)16(12)25/h3-10,25H,1-2H3,(H,23,27)/b21-9-. The van der Waals surface area contributed by atoms with Crippen molar-refractivity contribution in [1.29, 1.82) is 0 Å². The molecule has 0 amide bonds. The molecular weight excluding hydrogens is 590 g/mol. The number of H-pyrrole nitrogens is 1. The molecule has 9 heteroatoms. The van der Waals surface area contributed by atoms with Crippen LogP contribution in [-0.2, 0) is 0 Å². The number of ether oxygens (including phenoxy) is 1. The van der Waals surface area contributed by atoms with E-state index in [9.17, 15) is 5.11 Å². The number of phenolic OH excluding ortho intramolecular Hbond substituents is 1. The topological polar surface area (TPSA) is 75.4 Å². The van der Waals surface area contributed by atoms with Gasteiger partial charge in [0.2, 0.25) is 4.77 Å². The van der Waals surface area contributed by atoms with Crippen LogP contribution in [0.25, 0.3) is 11.4 Å². The van der Waals surface area contributed by atoms with E-state index in [1.54, 1.807) is 6.21 Å². The minimum Gasteiger partial charge on any atom is -0.506 e. The number of aromatic nitrogens is 3. The van der Waals surface area contributed by atoms with Crippen molar-refractivity contribution in [2.45, 2.75) is 20.0 Å². The summed E-state index contributed by atoms with van der Waals surface area (Å²) in [5.74, 6) is 1.49. The highest BCUT2D eigenvalue weighted by Gasteiger charge is 2.11. The average molecular weight is 606 g/mol. The Morgan fingerprint density at radius 3 is 2.81 bits per heavy atom. The molecule has 27 heavy (non-hydrogen) atoms. The van der Waals surface area contributed by atoms with Crippen LogP contribution in [0.3, 0.4) is 0 Å². The Morgan fingerprint density at radius 1 is 1.30 bits per heavy atom. The number of hydrogen-bond donors (Lipinski definition) is 2. The van der Waals surface area contributed by atoms with Crippen LogP contribution in [0, 0.1) is 11.9 Å². The largest absolute Gasteiger partial charge is 0.506 e. The molecule has 0 bridgehead atoms. The van der Waals surface area contributed by atoms with Crippen LogP contribution in [0.5, 0.6) is 11.5 Å². The molecule has 3 rings (SSSR count). The fraction of sp³-hybridized carbons (Fsp3) is 0.167. The molecule has 0 fully saturated rings. The van der Waals surface area contributed by atoms with Gasteiger partial charge in [-0.3, -0.25) is 0 Å². The highest BCUT2D eigenvalue weighted by atomic mass is 127. The lowest BCUT2D eigenvalue weighted by Gasteiger charge is -2.10. The molecule has 0 saturated carbocycles. The number of nitrogens with zero attached hydrogens (tertiary/aromatic N) is 3. The molecule has 140 valence electrons. The second kappa shape index (κ2) is 8.69. The molecular formula is C18H16I2N4O2S. The molecule has 0 aliphatic carbocycles. The summed E-state index contributed by atoms with van der Waals surface area (Å²) in [5, 5.41) is 21.7. The monoisotopic (exact) mass is 606 g/mol. The molecule has 2 aromatic carbocycles. The third kappa shape index (κ3) is 4.88. The lowest BCUT2D eigenvalue weighted by Crippen LogP contribution is -2.05. The fourth-order valence-corrected chi connectivity index (χ4v) is 4.44. The Bertz CT molecular complexity index is 1060. The molecule has 0 atom stereocenters. The van der Waals surface area contributed by atoms with Crippen molar-refractivity contribution >= 4 is 63.6 Å². The molecule has 0 aliphatic rings. The molecule has 2 N–H and O–H groups in total. The minimum absolute atomic E-state index is 0.0742. The van der Waals surface area contributed by atoms with Gasteiger partial charge in [0, 0.05) is 14.7 Å². The Labute approximate surface area is 188 Å². The van der Waals surface area contributed by atoms with Crippen LogP contribution in [-0.4, -0.2) is 32.3 Å². The van der Waals surface area contributed by atoms with E-state index in [0.717, 1.165) is 18.5 Å². The van der Waals surface area contributed by atoms with Gasteiger partial charge in [0.15, 0.2) is 5.82 Å². The molecule has 6 nitrogen and oxygen atoms in total. The predicted molar refractivity (Wildman–Crippen MR) is 125 cm³/mol. The van der Waals surface area contributed by atoms with E-state index >= 15 is 0 Å². The zero-order valence-electron chi connectivity index (χ0n) is 14.5. The first-order valence-corrected chi connectivity index (χ1v) is 10.6. The highest BCUT2D eigenvalue weighted by Crippen LogP contribution is 2.26.